The molecule has 0 aliphatic rings. The summed E-state index contributed by atoms with van der Waals surface area (Å²) in [7, 11) is 2.12. The van der Waals surface area contributed by atoms with E-state index < -0.39 is 0 Å². The van der Waals surface area contributed by atoms with Gasteiger partial charge in [0.05, 0.1) is 0 Å². The van der Waals surface area contributed by atoms with Crippen LogP contribution in [0.15, 0.2) is 48.7 Å². The number of nitrogens with two attached hydrogens (primary N) is 1. The molecule has 3 nitrogen and oxygen atoms in total. The molecule has 2 rings (SSSR count). The molecule has 0 saturated heterocycles. The molecule has 94 valence electrons. The lowest BCUT2D eigenvalue weighted by Gasteiger charge is -2.16. The molecular weight excluding hydrogens is 222 g/mol. The highest BCUT2D eigenvalue weighted by molar-refractivity contribution is 5.29. The van der Waals surface area contributed by atoms with Crippen molar-refractivity contribution in [1.82, 2.24) is 9.88 Å². The fourth-order valence-electron chi connectivity index (χ4n) is 1.88. The first-order valence-corrected chi connectivity index (χ1v) is 6.17. The van der Waals surface area contributed by atoms with E-state index in [4.69, 9.17) is 5.73 Å². The molecule has 1 heterocycles. The Kier molecular flexibility index (Phi) is 4.31. The van der Waals surface area contributed by atoms with Crippen LogP contribution in [0.25, 0.3) is 0 Å². The minimum absolute atomic E-state index is 0.575. The summed E-state index contributed by atoms with van der Waals surface area (Å²) in [5.41, 5.74) is 8.14. The van der Waals surface area contributed by atoms with Crippen molar-refractivity contribution in [3.63, 3.8) is 0 Å². The van der Waals surface area contributed by atoms with Crippen LogP contribution in [0.4, 0.5) is 5.82 Å². The Hall–Kier alpha value is -1.87. The maximum absolute atomic E-state index is 5.57. The molecular formula is C15H19N3. The molecule has 0 aliphatic carbocycles. The number of nitrogens with zero attached hydrogens (tertiary/aromatic N) is 2. The van der Waals surface area contributed by atoms with Gasteiger partial charge in [0.1, 0.15) is 5.82 Å². The minimum Gasteiger partial charge on any atom is -0.384 e. The highest BCUT2D eigenvalue weighted by atomic mass is 15.1. The van der Waals surface area contributed by atoms with E-state index >= 15 is 0 Å². The number of benzene rings is 1. The van der Waals surface area contributed by atoms with E-state index in [0.717, 1.165) is 19.5 Å². The summed E-state index contributed by atoms with van der Waals surface area (Å²) in [5, 5.41) is 0. The number of pyridine rings is 1. The van der Waals surface area contributed by atoms with Gasteiger partial charge in [-0.05, 0) is 30.7 Å². The first kappa shape index (κ1) is 12.6. The molecule has 0 spiro atoms. The van der Waals surface area contributed by atoms with Crippen LogP contribution in [0.2, 0.25) is 0 Å². The smallest absolute Gasteiger partial charge is 0.123 e. The SMILES string of the molecule is CN(CCc1ccccc1)Cc1ccc(N)nc1. The zero-order valence-electron chi connectivity index (χ0n) is 10.7. The summed E-state index contributed by atoms with van der Waals surface area (Å²) in [6, 6.07) is 14.4. The van der Waals surface area contributed by atoms with Gasteiger partial charge in [-0.3, -0.25) is 0 Å². The van der Waals surface area contributed by atoms with Crippen LogP contribution in [0.3, 0.4) is 0 Å². The zero-order chi connectivity index (χ0) is 12.8. The standard InChI is InChI=1S/C15H19N3/c1-18(10-9-13-5-3-2-4-6-13)12-14-7-8-15(16)17-11-14/h2-8,11H,9-10,12H2,1H3,(H2,16,17). The van der Waals surface area contributed by atoms with Crippen molar-refractivity contribution in [3.05, 3.63) is 59.8 Å². The topological polar surface area (TPSA) is 42.1 Å². The van der Waals surface area contributed by atoms with Crippen molar-refractivity contribution < 1.29 is 0 Å². The van der Waals surface area contributed by atoms with E-state index in [1.807, 2.05) is 24.4 Å². The number of nitrogen functional groups attached to an aromatic ring is 1. The van der Waals surface area contributed by atoms with E-state index in [9.17, 15) is 0 Å². The van der Waals surface area contributed by atoms with Crippen LogP contribution < -0.4 is 5.73 Å². The molecule has 0 amide bonds. The Labute approximate surface area is 108 Å². The summed E-state index contributed by atoms with van der Waals surface area (Å²) < 4.78 is 0. The normalized spacial score (nSPS) is 10.8. The molecule has 0 fully saturated rings. The molecule has 2 N–H and O–H groups in total. The van der Waals surface area contributed by atoms with Crippen molar-refractivity contribution in [2.45, 2.75) is 13.0 Å². The first-order valence-electron chi connectivity index (χ1n) is 6.17. The third kappa shape index (κ3) is 3.86. The van der Waals surface area contributed by atoms with Crippen LogP contribution in [0.5, 0.6) is 0 Å². The summed E-state index contributed by atoms with van der Waals surface area (Å²) in [4.78, 5) is 6.39. The molecule has 1 aromatic carbocycles. The number of anilines is 1. The Bertz CT molecular complexity index is 465. The lowest BCUT2D eigenvalue weighted by atomic mass is 10.1. The highest BCUT2D eigenvalue weighted by Gasteiger charge is 2.01. The van der Waals surface area contributed by atoms with Gasteiger partial charge < -0.3 is 10.6 Å². The summed E-state index contributed by atoms with van der Waals surface area (Å²) in [6.45, 7) is 1.94. The minimum atomic E-state index is 0.575. The maximum Gasteiger partial charge on any atom is 0.123 e. The molecule has 0 aliphatic heterocycles. The number of hydrogen-bond acceptors (Lipinski definition) is 3. The summed E-state index contributed by atoms with van der Waals surface area (Å²) in [5.74, 6) is 0.575. The van der Waals surface area contributed by atoms with Crippen molar-refractivity contribution in [1.29, 1.82) is 0 Å². The molecule has 0 saturated carbocycles. The predicted molar refractivity (Wildman–Crippen MR) is 75.1 cm³/mol. The van der Waals surface area contributed by atoms with Crippen molar-refractivity contribution >= 4 is 5.82 Å². The second kappa shape index (κ2) is 6.17. The third-order valence-electron chi connectivity index (χ3n) is 2.93. The molecule has 0 unspecified atom stereocenters. The van der Waals surface area contributed by atoms with Crippen LogP contribution in [-0.2, 0) is 13.0 Å². The molecule has 2 aromatic rings. The molecule has 0 radical (unpaired) electrons. The summed E-state index contributed by atoms with van der Waals surface area (Å²) in [6.07, 6.45) is 2.91. The molecule has 0 bridgehead atoms. The monoisotopic (exact) mass is 241 g/mol. The number of aromatic nitrogens is 1. The highest BCUT2D eigenvalue weighted by Crippen LogP contribution is 2.06. The second-order valence-electron chi connectivity index (χ2n) is 4.56. The average molecular weight is 241 g/mol. The van der Waals surface area contributed by atoms with Gasteiger partial charge in [0.25, 0.3) is 0 Å². The Morgan fingerprint density at radius 1 is 1.06 bits per heavy atom. The van der Waals surface area contributed by atoms with E-state index in [-0.39, 0.29) is 0 Å². The van der Waals surface area contributed by atoms with E-state index in [2.05, 4.69) is 41.2 Å². The van der Waals surface area contributed by atoms with Gasteiger partial charge in [-0.1, -0.05) is 36.4 Å². The van der Waals surface area contributed by atoms with Gasteiger partial charge in [0.15, 0.2) is 0 Å². The van der Waals surface area contributed by atoms with Crippen LogP contribution in [0, 0.1) is 0 Å². The van der Waals surface area contributed by atoms with Gasteiger partial charge >= 0.3 is 0 Å². The van der Waals surface area contributed by atoms with Crippen molar-refractivity contribution in [3.8, 4) is 0 Å². The van der Waals surface area contributed by atoms with E-state index in [1.165, 1.54) is 11.1 Å². The van der Waals surface area contributed by atoms with Gasteiger partial charge in [-0.25, -0.2) is 4.98 Å². The van der Waals surface area contributed by atoms with E-state index in [1.54, 1.807) is 0 Å². The number of rotatable bonds is 5. The van der Waals surface area contributed by atoms with Crippen LogP contribution in [-0.4, -0.2) is 23.5 Å². The first-order chi connectivity index (χ1) is 8.74. The van der Waals surface area contributed by atoms with E-state index in [0.29, 0.717) is 5.82 Å². The average Bonchev–Trinajstić information content (AvgIpc) is 2.40. The zero-order valence-corrected chi connectivity index (χ0v) is 10.7. The van der Waals surface area contributed by atoms with Gasteiger partial charge in [0, 0.05) is 19.3 Å². The third-order valence-corrected chi connectivity index (χ3v) is 2.93. The Morgan fingerprint density at radius 2 is 1.83 bits per heavy atom. The fourth-order valence-corrected chi connectivity index (χ4v) is 1.88. The number of hydrogen-bond donors (Lipinski definition) is 1. The molecule has 3 heteroatoms. The fraction of sp³-hybridized carbons (Fsp3) is 0.267. The quantitative estimate of drug-likeness (QED) is 0.873. The summed E-state index contributed by atoms with van der Waals surface area (Å²) >= 11 is 0. The largest absolute Gasteiger partial charge is 0.384 e. The van der Waals surface area contributed by atoms with Gasteiger partial charge in [0.2, 0.25) is 0 Å². The van der Waals surface area contributed by atoms with Crippen LogP contribution >= 0.6 is 0 Å². The second-order valence-corrected chi connectivity index (χ2v) is 4.56. The molecule has 1 aromatic heterocycles. The van der Waals surface area contributed by atoms with Gasteiger partial charge in [-0.2, -0.15) is 0 Å². The Balaban J connectivity index is 1.82. The predicted octanol–water partition coefficient (Wildman–Crippen LogP) is 2.34. The lowest BCUT2D eigenvalue weighted by Crippen LogP contribution is -2.20. The maximum atomic E-state index is 5.57. The molecule has 18 heavy (non-hydrogen) atoms. The Morgan fingerprint density at radius 3 is 2.50 bits per heavy atom. The molecule has 0 atom stereocenters. The van der Waals surface area contributed by atoms with Crippen molar-refractivity contribution in [2.75, 3.05) is 19.3 Å². The van der Waals surface area contributed by atoms with Crippen molar-refractivity contribution in [2.24, 2.45) is 0 Å². The van der Waals surface area contributed by atoms with Crippen LogP contribution in [0.1, 0.15) is 11.1 Å². The number of likely N-dealkylation sites (N-methyl/N-ethyl adjacent to an activating group) is 1. The van der Waals surface area contributed by atoms with Gasteiger partial charge in [-0.15, -0.1) is 0 Å². The lowest BCUT2D eigenvalue weighted by molar-refractivity contribution is 0.331.